The molecule has 20 heavy (non-hydrogen) atoms. The minimum atomic E-state index is 0.0543. The Morgan fingerprint density at radius 1 is 1.40 bits per heavy atom. The molecule has 2 aromatic heterocycles. The molecule has 0 amide bonds. The predicted molar refractivity (Wildman–Crippen MR) is 81.5 cm³/mol. The summed E-state index contributed by atoms with van der Waals surface area (Å²) in [6.45, 7) is 8.52. The second-order valence-corrected chi connectivity index (χ2v) is 7.42. The van der Waals surface area contributed by atoms with Crippen LogP contribution in [0.4, 0.5) is 0 Å². The fourth-order valence-corrected chi connectivity index (χ4v) is 3.86. The Balaban J connectivity index is 2.02. The Morgan fingerprint density at radius 2 is 2.15 bits per heavy atom. The van der Waals surface area contributed by atoms with Gasteiger partial charge in [0, 0.05) is 34.9 Å². The maximum atomic E-state index is 12.3. The lowest BCUT2D eigenvalue weighted by molar-refractivity contribution is 0.0909. The molecule has 0 saturated carbocycles. The molecule has 2 aromatic rings. The number of carbonyl (C=O) groups excluding carboxylic acids is 1. The summed E-state index contributed by atoms with van der Waals surface area (Å²) in [6, 6.07) is 2.17. The average molecular weight is 288 g/mol. The van der Waals surface area contributed by atoms with E-state index in [1.807, 2.05) is 19.2 Å². The van der Waals surface area contributed by atoms with Crippen molar-refractivity contribution in [2.45, 2.75) is 46.6 Å². The highest BCUT2D eigenvalue weighted by Gasteiger charge is 2.34. The van der Waals surface area contributed by atoms with E-state index in [0.29, 0.717) is 6.42 Å². The molecule has 0 N–H and O–H groups in total. The monoisotopic (exact) mass is 288 g/mol. The van der Waals surface area contributed by atoms with Gasteiger partial charge < -0.3 is 4.57 Å². The summed E-state index contributed by atoms with van der Waals surface area (Å²) >= 11 is 1.69. The van der Waals surface area contributed by atoms with E-state index < -0.39 is 0 Å². The first kappa shape index (κ1) is 13.6. The van der Waals surface area contributed by atoms with Crippen LogP contribution >= 0.6 is 11.3 Å². The van der Waals surface area contributed by atoms with Crippen LogP contribution in [0.25, 0.3) is 0 Å². The van der Waals surface area contributed by atoms with Crippen LogP contribution < -0.4 is 0 Å². The van der Waals surface area contributed by atoms with Gasteiger partial charge in [-0.15, -0.1) is 11.3 Å². The van der Waals surface area contributed by atoms with Gasteiger partial charge >= 0.3 is 0 Å². The van der Waals surface area contributed by atoms with Crippen molar-refractivity contribution in [1.29, 1.82) is 0 Å². The van der Waals surface area contributed by atoms with Gasteiger partial charge in [-0.25, -0.2) is 4.98 Å². The smallest absolute Gasteiger partial charge is 0.165 e. The van der Waals surface area contributed by atoms with Crippen molar-refractivity contribution in [3.8, 4) is 0 Å². The first-order chi connectivity index (χ1) is 9.37. The Bertz CT molecular complexity index is 666. The molecule has 3 nitrogen and oxygen atoms in total. The highest BCUT2D eigenvalue weighted by molar-refractivity contribution is 7.09. The van der Waals surface area contributed by atoms with Crippen LogP contribution in [0.3, 0.4) is 0 Å². The van der Waals surface area contributed by atoms with Crippen molar-refractivity contribution in [1.82, 2.24) is 9.55 Å². The molecule has 0 fully saturated rings. The lowest BCUT2D eigenvalue weighted by Crippen LogP contribution is -2.28. The number of ketones is 1. The van der Waals surface area contributed by atoms with Crippen molar-refractivity contribution < 1.29 is 4.79 Å². The lowest BCUT2D eigenvalue weighted by atomic mass is 9.76. The Labute approximate surface area is 123 Å². The van der Waals surface area contributed by atoms with E-state index in [1.165, 1.54) is 5.69 Å². The van der Waals surface area contributed by atoms with Crippen LogP contribution in [0.1, 0.15) is 60.0 Å². The summed E-state index contributed by atoms with van der Waals surface area (Å²) in [5.74, 6) is 0.275. The van der Waals surface area contributed by atoms with Gasteiger partial charge in [0.05, 0.1) is 6.04 Å². The Morgan fingerprint density at radius 3 is 2.80 bits per heavy atom. The first-order valence-corrected chi connectivity index (χ1v) is 7.90. The van der Waals surface area contributed by atoms with E-state index in [9.17, 15) is 4.79 Å². The maximum absolute atomic E-state index is 12.3. The number of hydrogen-bond donors (Lipinski definition) is 0. The summed E-state index contributed by atoms with van der Waals surface area (Å²) in [5.41, 5.74) is 3.20. The van der Waals surface area contributed by atoms with Crippen molar-refractivity contribution in [3.63, 3.8) is 0 Å². The third-order valence-corrected chi connectivity index (χ3v) is 5.15. The van der Waals surface area contributed by atoms with Gasteiger partial charge in [-0.1, -0.05) is 13.8 Å². The van der Waals surface area contributed by atoms with Gasteiger partial charge in [-0.05, 0) is 31.7 Å². The van der Waals surface area contributed by atoms with Crippen LogP contribution in [0, 0.1) is 12.3 Å². The van der Waals surface area contributed by atoms with E-state index in [1.54, 1.807) is 11.3 Å². The fraction of sp³-hybridized carbons (Fsp3) is 0.500. The van der Waals surface area contributed by atoms with Crippen LogP contribution in [0.15, 0.2) is 17.6 Å². The van der Waals surface area contributed by atoms with Crippen LogP contribution in [0.5, 0.6) is 0 Å². The molecule has 1 unspecified atom stereocenters. The normalized spacial score (nSPS) is 18.9. The number of rotatable bonds is 2. The van der Waals surface area contributed by atoms with Gasteiger partial charge in [-0.3, -0.25) is 4.79 Å². The van der Waals surface area contributed by atoms with E-state index in [4.69, 9.17) is 0 Å². The van der Waals surface area contributed by atoms with E-state index >= 15 is 0 Å². The quantitative estimate of drug-likeness (QED) is 0.836. The number of nitrogens with zero attached hydrogens (tertiary/aromatic N) is 2. The maximum Gasteiger partial charge on any atom is 0.165 e. The van der Waals surface area contributed by atoms with Gasteiger partial charge in [0.25, 0.3) is 0 Å². The lowest BCUT2D eigenvalue weighted by Gasteiger charge is -2.30. The number of aryl methyl sites for hydroxylation is 1. The summed E-state index contributed by atoms with van der Waals surface area (Å²) in [6.07, 6.45) is 3.65. The highest BCUT2D eigenvalue weighted by Crippen LogP contribution is 2.37. The van der Waals surface area contributed by atoms with E-state index in [2.05, 4.69) is 35.7 Å². The Hall–Kier alpha value is -1.42. The zero-order valence-electron chi connectivity index (χ0n) is 12.4. The van der Waals surface area contributed by atoms with Gasteiger partial charge in [0.1, 0.15) is 5.01 Å². The molecular weight excluding hydrogens is 268 g/mol. The summed E-state index contributed by atoms with van der Waals surface area (Å²) in [7, 11) is 0. The van der Waals surface area contributed by atoms with Crippen LogP contribution in [0.2, 0.25) is 0 Å². The SMILES string of the molecule is Cc1csc(C(C)n2ccc3c2CC(C)(C)CC3=O)n1. The largest absolute Gasteiger partial charge is 0.341 e. The molecular formula is C16H20N2OS. The minimum Gasteiger partial charge on any atom is -0.341 e. The third-order valence-electron chi connectivity index (χ3n) is 4.02. The summed E-state index contributed by atoms with van der Waals surface area (Å²) in [4.78, 5) is 16.8. The predicted octanol–water partition coefficient (Wildman–Crippen LogP) is 4.02. The van der Waals surface area contributed by atoms with Gasteiger partial charge in [0.2, 0.25) is 0 Å². The van der Waals surface area contributed by atoms with Gasteiger partial charge in [0.15, 0.2) is 5.78 Å². The molecule has 0 spiro atoms. The standard InChI is InChI=1S/C16H20N2OS/c1-10-9-20-15(17-10)11(2)18-6-5-12-13(18)7-16(3,4)8-14(12)19/h5-6,9,11H,7-8H2,1-4H3. The van der Waals surface area contributed by atoms with Crippen molar-refractivity contribution >= 4 is 17.1 Å². The minimum absolute atomic E-state index is 0.0543. The van der Waals surface area contributed by atoms with Crippen molar-refractivity contribution in [2.75, 3.05) is 0 Å². The number of carbonyl (C=O) groups is 1. The van der Waals surface area contributed by atoms with E-state index in [-0.39, 0.29) is 17.2 Å². The highest BCUT2D eigenvalue weighted by atomic mass is 32.1. The molecule has 0 saturated heterocycles. The van der Waals surface area contributed by atoms with Crippen molar-refractivity contribution in [3.05, 3.63) is 39.6 Å². The summed E-state index contributed by atoms with van der Waals surface area (Å²) < 4.78 is 2.23. The molecule has 2 heterocycles. The molecule has 0 bridgehead atoms. The van der Waals surface area contributed by atoms with Crippen LogP contribution in [-0.2, 0) is 6.42 Å². The fourth-order valence-electron chi connectivity index (χ4n) is 3.01. The van der Waals surface area contributed by atoms with Crippen LogP contribution in [-0.4, -0.2) is 15.3 Å². The van der Waals surface area contributed by atoms with Crippen molar-refractivity contribution in [2.24, 2.45) is 5.41 Å². The number of hydrogen-bond acceptors (Lipinski definition) is 3. The molecule has 3 rings (SSSR count). The second-order valence-electron chi connectivity index (χ2n) is 6.53. The van der Waals surface area contributed by atoms with E-state index in [0.717, 1.165) is 22.7 Å². The molecule has 0 aromatic carbocycles. The number of fused-ring (bicyclic) bond motifs is 1. The molecule has 1 aliphatic rings. The Kier molecular flexibility index (Phi) is 3.09. The van der Waals surface area contributed by atoms with Gasteiger partial charge in [-0.2, -0.15) is 0 Å². The zero-order chi connectivity index (χ0) is 14.5. The second kappa shape index (κ2) is 4.55. The third kappa shape index (κ3) is 2.22. The number of Topliss-reactive ketones (excluding diaryl/α,β-unsaturated/α-hetero) is 1. The molecule has 1 aliphatic carbocycles. The molecule has 1 atom stereocenters. The number of aromatic nitrogens is 2. The zero-order valence-corrected chi connectivity index (χ0v) is 13.3. The molecule has 106 valence electrons. The molecule has 4 heteroatoms. The average Bonchev–Trinajstić information content (AvgIpc) is 2.93. The molecule has 0 aliphatic heterocycles. The molecule has 0 radical (unpaired) electrons. The first-order valence-electron chi connectivity index (χ1n) is 7.02. The topological polar surface area (TPSA) is 34.9 Å². The number of thiazole rings is 1. The summed E-state index contributed by atoms with van der Waals surface area (Å²) in [5, 5.41) is 3.19.